The van der Waals surface area contributed by atoms with Gasteiger partial charge in [0.05, 0.1) is 38.5 Å². The van der Waals surface area contributed by atoms with Gasteiger partial charge in [0.25, 0.3) is 0 Å². The molecule has 1 aliphatic rings. The summed E-state index contributed by atoms with van der Waals surface area (Å²) in [6.45, 7) is 6.15. The van der Waals surface area contributed by atoms with Crippen LogP contribution in [0.5, 0.6) is 11.5 Å². The maximum atomic E-state index is 13.5. The van der Waals surface area contributed by atoms with Crippen molar-refractivity contribution in [1.82, 2.24) is 4.90 Å². The van der Waals surface area contributed by atoms with Crippen LogP contribution >= 0.6 is 12.4 Å². The molecule has 224 valence electrons. The number of amides is 1. The second-order valence-electron chi connectivity index (χ2n) is 9.92. The fourth-order valence-electron chi connectivity index (χ4n) is 4.91. The van der Waals surface area contributed by atoms with Gasteiger partial charge >= 0.3 is 18.4 Å². The first-order chi connectivity index (χ1) is 18.1. The first-order valence-electron chi connectivity index (χ1n) is 12.3. The molecule has 0 bridgehead atoms. The average molecular weight is 599 g/mol. The van der Waals surface area contributed by atoms with E-state index in [-0.39, 0.29) is 36.0 Å². The summed E-state index contributed by atoms with van der Waals surface area (Å²) in [5.41, 5.74) is -1.91. The van der Waals surface area contributed by atoms with E-state index in [1.807, 2.05) is 20.8 Å². The predicted octanol–water partition coefficient (Wildman–Crippen LogP) is 7.73. The zero-order valence-electron chi connectivity index (χ0n) is 22.9. The molecule has 2 aromatic carbocycles. The maximum absolute atomic E-state index is 13.5. The number of rotatable bonds is 7. The van der Waals surface area contributed by atoms with Crippen LogP contribution in [0.15, 0.2) is 30.3 Å². The Morgan fingerprint density at radius 1 is 0.950 bits per heavy atom. The molecule has 0 N–H and O–H groups in total. The lowest BCUT2D eigenvalue weighted by atomic mass is 9.89. The minimum absolute atomic E-state index is 0. The van der Waals surface area contributed by atoms with E-state index >= 15 is 0 Å². The number of carbonyl (C=O) groups excluding carboxylic acids is 1. The van der Waals surface area contributed by atoms with E-state index in [1.165, 1.54) is 14.2 Å². The topological polar surface area (TPSA) is 51.2 Å². The van der Waals surface area contributed by atoms with Crippen molar-refractivity contribution in [2.24, 2.45) is 5.92 Å². The molecule has 40 heavy (non-hydrogen) atoms. The maximum Gasteiger partial charge on any atom is 0.416 e. The Hall–Kier alpha value is -3.02. The fourth-order valence-corrected chi connectivity index (χ4v) is 4.91. The van der Waals surface area contributed by atoms with Gasteiger partial charge in [-0.3, -0.25) is 4.90 Å². The molecule has 0 fully saturated rings. The summed E-state index contributed by atoms with van der Waals surface area (Å²) in [6, 6.07) is 3.88. The van der Waals surface area contributed by atoms with Crippen molar-refractivity contribution < 1.29 is 45.3 Å². The summed E-state index contributed by atoms with van der Waals surface area (Å²) in [4.78, 5) is 16.3. The summed E-state index contributed by atoms with van der Waals surface area (Å²) in [7, 11) is 4.03. The molecule has 1 heterocycles. The third kappa shape index (κ3) is 7.18. The second kappa shape index (κ2) is 12.7. The molecule has 6 nitrogen and oxygen atoms in total. The van der Waals surface area contributed by atoms with Crippen LogP contribution in [0.2, 0.25) is 0 Å². The lowest BCUT2D eigenvalue weighted by molar-refractivity contribution is -0.143. The van der Waals surface area contributed by atoms with Crippen molar-refractivity contribution in [3.63, 3.8) is 0 Å². The molecule has 0 aromatic heterocycles. The van der Waals surface area contributed by atoms with Crippen LogP contribution in [0, 0.1) is 5.92 Å². The van der Waals surface area contributed by atoms with Crippen LogP contribution in [0.4, 0.5) is 36.8 Å². The van der Waals surface area contributed by atoms with Crippen LogP contribution in [0.1, 0.15) is 55.5 Å². The van der Waals surface area contributed by atoms with Gasteiger partial charge in [0.2, 0.25) is 0 Å². The van der Waals surface area contributed by atoms with Gasteiger partial charge < -0.3 is 19.1 Å². The molecule has 2 atom stereocenters. The third-order valence-corrected chi connectivity index (χ3v) is 6.65. The van der Waals surface area contributed by atoms with E-state index in [2.05, 4.69) is 4.90 Å². The molecule has 13 heteroatoms. The SMILES string of the molecule is COC(=O)N(Cc1cc(C(F)(F)F)cc(C(F)(F)F)c1)[C@@H]1C[C@H](C)N(CC(C)C)c2cc(OC)c(OC)cc21.Cl. The minimum Gasteiger partial charge on any atom is -0.493 e. The van der Waals surface area contributed by atoms with E-state index in [9.17, 15) is 31.1 Å². The Bertz CT molecular complexity index is 1160. The summed E-state index contributed by atoms with van der Waals surface area (Å²) >= 11 is 0. The summed E-state index contributed by atoms with van der Waals surface area (Å²) in [5, 5.41) is 0. The Labute approximate surface area is 235 Å². The lowest BCUT2D eigenvalue weighted by Crippen LogP contribution is -2.46. The van der Waals surface area contributed by atoms with Crippen molar-refractivity contribution in [3.8, 4) is 11.5 Å². The summed E-state index contributed by atoms with van der Waals surface area (Å²) < 4.78 is 96.9. The molecule has 1 aliphatic heterocycles. The number of benzene rings is 2. The van der Waals surface area contributed by atoms with Gasteiger partial charge in [-0.25, -0.2) is 4.79 Å². The van der Waals surface area contributed by atoms with E-state index < -0.39 is 42.2 Å². The first kappa shape index (κ1) is 33.2. The average Bonchev–Trinajstić information content (AvgIpc) is 2.86. The molecule has 0 spiro atoms. The Morgan fingerprint density at radius 2 is 1.48 bits per heavy atom. The van der Waals surface area contributed by atoms with Crippen molar-refractivity contribution in [2.45, 2.75) is 58.2 Å². The van der Waals surface area contributed by atoms with Gasteiger partial charge in [-0.15, -0.1) is 12.4 Å². The van der Waals surface area contributed by atoms with Crippen molar-refractivity contribution in [3.05, 3.63) is 52.6 Å². The van der Waals surface area contributed by atoms with E-state index in [1.54, 1.807) is 12.1 Å². The largest absolute Gasteiger partial charge is 0.493 e. The van der Waals surface area contributed by atoms with Gasteiger partial charge in [0, 0.05) is 36.4 Å². The number of alkyl halides is 6. The Balaban J connectivity index is 0.00000560. The summed E-state index contributed by atoms with van der Waals surface area (Å²) in [6.07, 6.45) is -10.6. The molecule has 0 radical (unpaired) electrons. The van der Waals surface area contributed by atoms with Crippen molar-refractivity contribution in [1.29, 1.82) is 0 Å². The molecule has 1 amide bonds. The van der Waals surface area contributed by atoms with Gasteiger partial charge in [-0.05, 0) is 49.1 Å². The van der Waals surface area contributed by atoms with Crippen LogP contribution in [0.25, 0.3) is 0 Å². The second-order valence-corrected chi connectivity index (χ2v) is 9.92. The number of halogens is 7. The van der Waals surface area contributed by atoms with Crippen LogP contribution in [-0.2, 0) is 23.6 Å². The molecule has 0 unspecified atom stereocenters. The molecule has 0 saturated carbocycles. The smallest absolute Gasteiger partial charge is 0.416 e. The third-order valence-electron chi connectivity index (χ3n) is 6.65. The van der Waals surface area contributed by atoms with Gasteiger partial charge in [0.15, 0.2) is 11.5 Å². The highest BCUT2D eigenvalue weighted by Crippen LogP contribution is 2.47. The number of anilines is 1. The van der Waals surface area contributed by atoms with Gasteiger partial charge in [-0.2, -0.15) is 26.3 Å². The van der Waals surface area contributed by atoms with Crippen molar-refractivity contribution >= 4 is 24.2 Å². The highest BCUT2D eigenvalue weighted by atomic mass is 35.5. The zero-order valence-corrected chi connectivity index (χ0v) is 23.8. The molecule has 0 saturated heterocycles. The minimum atomic E-state index is -5.01. The monoisotopic (exact) mass is 598 g/mol. The molecular formula is C27H33ClF6N2O4. The van der Waals surface area contributed by atoms with Crippen molar-refractivity contribution in [2.75, 3.05) is 32.8 Å². The molecule has 0 aliphatic carbocycles. The normalized spacial score (nSPS) is 17.2. The number of nitrogens with zero attached hydrogens (tertiary/aromatic N) is 2. The van der Waals surface area contributed by atoms with Gasteiger partial charge in [-0.1, -0.05) is 13.8 Å². The molecule has 2 aromatic rings. The standard InChI is InChI=1S/C27H32F6N2O4.ClH/c1-15(2)13-34-16(3)7-21(20-11-23(37-4)24(38-5)12-22(20)34)35(25(36)39-6)14-17-8-18(26(28,29)30)10-19(9-17)27(31,32)33;/h8-12,15-16,21H,7,13-14H2,1-6H3;1H/t16-,21+;/m0./s1. The van der Waals surface area contributed by atoms with E-state index in [0.29, 0.717) is 42.2 Å². The number of ether oxygens (including phenoxy) is 3. The molecule has 3 rings (SSSR count). The quantitative estimate of drug-likeness (QED) is 0.305. The van der Waals surface area contributed by atoms with E-state index in [4.69, 9.17) is 14.2 Å². The number of fused-ring (bicyclic) bond motifs is 1. The van der Waals surface area contributed by atoms with Crippen LogP contribution in [-0.4, -0.2) is 44.9 Å². The first-order valence-corrected chi connectivity index (χ1v) is 12.3. The number of methoxy groups -OCH3 is 3. The predicted molar refractivity (Wildman–Crippen MR) is 140 cm³/mol. The molecular weight excluding hydrogens is 566 g/mol. The van der Waals surface area contributed by atoms with Crippen LogP contribution in [0.3, 0.4) is 0 Å². The highest BCUT2D eigenvalue weighted by Gasteiger charge is 2.40. The summed E-state index contributed by atoms with van der Waals surface area (Å²) in [5.74, 6) is 1.08. The Morgan fingerprint density at radius 3 is 1.93 bits per heavy atom. The van der Waals surface area contributed by atoms with Gasteiger partial charge in [0.1, 0.15) is 0 Å². The zero-order chi connectivity index (χ0) is 29.3. The number of hydrogen-bond donors (Lipinski definition) is 0. The number of carbonyl (C=O) groups is 1. The Kier molecular flexibility index (Phi) is 10.5. The van der Waals surface area contributed by atoms with Crippen LogP contribution < -0.4 is 14.4 Å². The fraction of sp³-hybridized carbons (Fsp3) is 0.519. The van der Waals surface area contributed by atoms with E-state index in [0.717, 1.165) is 17.7 Å². The highest BCUT2D eigenvalue weighted by molar-refractivity contribution is 5.85. The lowest BCUT2D eigenvalue weighted by Gasteiger charge is -2.45. The number of hydrogen-bond acceptors (Lipinski definition) is 5.